The fraction of sp³-hybridized carbons (Fsp3) is 0.400. The van der Waals surface area contributed by atoms with Gasteiger partial charge in [-0.15, -0.1) is 0 Å². The van der Waals surface area contributed by atoms with Gasteiger partial charge in [0.25, 0.3) is 5.91 Å². The lowest BCUT2D eigenvalue weighted by Crippen LogP contribution is -2.29. The van der Waals surface area contributed by atoms with Crippen LogP contribution in [-0.2, 0) is 6.54 Å². The third-order valence-electron chi connectivity index (χ3n) is 2.58. The normalized spacial score (nSPS) is 11.2. The summed E-state index contributed by atoms with van der Waals surface area (Å²) in [5, 5.41) is 5.93. The Hall–Kier alpha value is -2.37. The Morgan fingerprint density at radius 3 is 2.71 bits per heavy atom. The number of aryl methyl sites for hydroxylation is 1. The smallest absolute Gasteiger partial charge is 0.270 e. The van der Waals surface area contributed by atoms with Gasteiger partial charge in [0.2, 0.25) is 5.95 Å². The molecule has 2 aromatic rings. The van der Waals surface area contributed by atoms with Crippen molar-refractivity contribution in [1.82, 2.24) is 15.3 Å². The number of amides is 1. The molecule has 0 aliphatic carbocycles. The minimum absolute atomic E-state index is 0.171. The molecule has 2 rings (SSSR count). The molecule has 0 saturated carbocycles. The number of carbonyl (C=O) groups excluding carboxylic acids is 1. The third-order valence-corrected chi connectivity index (χ3v) is 2.58. The lowest BCUT2D eigenvalue weighted by Gasteiger charge is -2.20. The van der Waals surface area contributed by atoms with Crippen molar-refractivity contribution in [3.63, 3.8) is 0 Å². The fourth-order valence-corrected chi connectivity index (χ4v) is 1.75. The lowest BCUT2D eigenvalue weighted by molar-refractivity contribution is 0.0943. The molecular weight excluding hydrogens is 268 g/mol. The first kappa shape index (κ1) is 15.0. The maximum absolute atomic E-state index is 12.1. The van der Waals surface area contributed by atoms with Crippen LogP contribution < -0.4 is 10.6 Å². The van der Waals surface area contributed by atoms with Crippen molar-refractivity contribution in [3.8, 4) is 0 Å². The second-order valence-corrected chi connectivity index (χ2v) is 5.86. The zero-order valence-corrected chi connectivity index (χ0v) is 12.7. The van der Waals surface area contributed by atoms with E-state index in [1.165, 1.54) is 0 Å². The van der Waals surface area contributed by atoms with Gasteiger partial charge in [-0.3, -0.25) is 4.79 Å². The molecule has 0 unspecified atom stereocenters. The van der Waals surface area contributed by atoms with Crippen molar-refractivity contribution < 1.29 is 9.21 Å². The Morgan fingerprint density at radius 2 is 2.10 bits per heavy atom. The maximum Gasteiger partial charge on any atom is 0.270 e. The second kappa shape index (κ2) is 5.95. The lowest BCUT2D eigenvalue weighted by atomic mass is 10.1. The Bertz CT molecular complexity index is 615. The molecule has 21 heavy (non-hydrogen) atoms. The summed E-state index contributed by atoms with van der Waals surface area (Å²) < 4.78 is 5.17. The highest BCUT2D eigenvalue weighted by molar-refractivity contribution is 5.92. The Labute approximate surface area is 124 Å². The molecule has 2 N–H and O–H groups in total. The number of anilines is 1. The van der Waals surface area contributed by atoms with Crippen LogP contribution >= 0.6 is 0 Å². The largest absolute Gasteiger partial charge is 0.467 e. The molecule has 0 radical (unpaired) electrons. The van der Waals surface area contributed by atoms with Crippen LogP contribution in [0.1, 0.15) is 42.7 Å². The average Bonchev–Trinajstić information content (AvgIpc) is 2.86. The third kappa shape index (κ3) is 4.59. The zero-order chi connectivity index (χ0) is 15.5. The highest BCUT2D eigenvalue weighted by Crippen LogP contribution is 2.11. The van der Waals surface area contributed by atoms with Gasteiger partial charge in [0.1, 0.15) is 11.5 Å². The van der Waals surface area contributed by atoms with Crippen molar-refractivity contribution in [2.45, 2.75) is 39.8 Å². The Kier molecular flexibility index (Phi) is 4.26. The van der Waals surface area contributed by atoms with Crippen LogP contribution in [0.2, 0.25) is 0 Å². The first-order valence-corrected chi connectivity index (χ1v) is 6.78. The number of rotatable bonds is 4. The van der Waals surface area contributed by atoms with Gasteiger partial charge in [-0.05, 0) is 45.9 Å². The molecule has 0 aliphatic rings. The van der Waals surface area contributed by atoms with Crippen molar-refractivity contribution in [2.24, 2.45) is 0 Å². The summed E-state index contributed by atoms with van der Waals surface area (Å²) in [6, 6.07) is 5.24. The molecule has 2 heterocycles. The first-order valence-electron chi connectivity index (χ1n) is 6.78. The van der Waals surface area contributed by atoms with E-state index in [0.717, 1.165) is 5.69 Å². The summed E-state index contributed by atoms with van der Waals surface area (Å²) in [5.74, 6) is 0.890. The molecule has 1 amide bonds. The summed E-state index contributed by atoms with van der Waals surface area (Å²) in [7, 11) is 0. The van der Waals surface area contributed by atoms with E-state index in [0.29, 0.717) is 23.9 Å². The summed E-state index contributed by atoms with van der Waals surface area (Å²) in [4.78, 5) is 20.7. The predicted molar refractivity (Wildman–Crippen MR) is 80.0 cm³/mol. The molecule has 0 atom stereocenters. The number of aromatic nitrogens is 2. The molecule has 112 valence electrons. The second-order valence-electron chi connectivity index (χ2n) is 5.86. The standard InChI is InChI=1S/C15H20N4O2/c1-10-8-12(18-14(17-10)19-15(2,3)4)13(20)16-9-11-6-5-7-21-11/h5-8H,9H2,1-4H3,(H,16,20)(H,17,18,19). The van der Waals surface area contributed by atoms with Gasteiger partial charge >= 0.3 is 0 Å². The van der Waals surface area contributed by atoms with Crippen LogP contribution in [0.25, 0.3) is 0 Å². The van der Waals surface area contributed by atoms with Gasteiger partial charge in [0.05, 0.1) is 12.8 Å². The van der Waals surface area contributed by atoms with Crippen LogP contribution in [0.5, 0.6) is 0 Å². The molecule has 0 spiro atoms. The van der Waals surface area contributed by atoms with Crippen LogP contribution in [0.3, 0.4) is 0 Å². The van der Waals surface area contributed by atoms with Gasteiger partial charge in [-0.2, -0.15) is 0 Å². The molecular formula is C15H20N4O2. The number of furan rings is 1. The highest BCUT2D eigenvalue weighted by atomic mass is 16.3. The number of carbonyl (C=O) groups is 1. The van der Waals surface area contributed by atoms with Crippen LogP contribution in [0.15, 0.2) is 28.9 Å². The Balaban J connectivity index is 2.09. The average molecular weight is 288 g/mol. The van der Waals surface area contributed by atoms with E-state index in [4.69, 9.17) is 4.42 Å². The van der Waals surface area contributed by atoms with E-state index < -0.39 is 0 Å². The number of hydrogen-bond donors (Lipinski definition) is 2. The minimum atomic E-state index is -0.256. The van der Waals surface area contributed by atoms with Crippen LogP contribution in [0.4, 0.5) is 5.95 Å². The van der Waals surface area contributed by atoms with E-state index in [1.807, 2.05) is 27.7 Å². The predicted octanol–water partition coefficient (Wildman–Crippen LogP) is 2.52. The topological polar surface area (TPSA) is 80.0 Å². The van der Waals surface area contributed by atoms with Crippen molar-refractivity contribution >= 4 is 11.9 Å². The molecule has 6 heteroatoms. The van der Waals surface area contributed by atoms with Crippen molar-refractivity contribution in [1.29, 1.82) is 0 Å². The van der Waals surface area contributed by atoms with E-state index >= 15 is 0 Å². The van der Waals surface area contributed by atoms with Crippen LogP contribution in [-0.4, -0.2) is 21.4 Å². The van der Waals surface area contributed by atoms with Crippen molar-refractivity contribution in [2.75, 3.05) is 5.32 Å². The summed E-state index contributed by atoms with van der Waals surface area (Å²) >= 11 is 0. The summed E-state index contributed by atoms with van der Waals surface area (Å²) in [6.45, 7) is 8.19. The molecule has 0 fully saturated rings. The van der Waals surface area contributed by atoms with Gasteiger partial charge < -0.3 is 15.1 Å². The SMILES string of the molecule is Cc1cc(C(=O)NCc2ccco2)nc(NC(C)(C)C)n1. The molecule has 6 nitrogen and oxygen atoms in total. The first-order chi connectivity index (χ1) is 9.83. The Morgan fingerprint density at radius 1 is 1.33 bits per heavy atom. The maximum atomic E-state index is 12.1. The minimum Gasteiger partial charge on any atom is -0.467 e. The van der Waals surface area contributed by atoms with Gasteiger partial charge in [-0.25, -0.2) is 9.97 Å². The molecule has 0 aromatic carbocycles. The monoisotopic (exact) mass is 288 g/mol. The summed E-state index contributed by atoms with van der Waals surface area (Å²) in [6.07, 6.45) is 1.57. The summed E-state index contributed by atoms with van der Waals surface area (Å²) in [5.41, 5.74) is 0.899. The van der Waals surface area contributed by atoms with Crippen LogP contribution in [0, 0.1) is 6.92 Å². The van der Waals surface area contributed by atoms with E-state index in [1.54, 1.807) is 24.5 Å². The van der Waals surface area contributed by atoms with Gasteiger partial charge in [0, 0.05) is 11.2 Å². The number of nitrogens with zero attached hydrogens (tertiary/aromatic N) is 2. The zero-order valence-electron chi connectivity index (χ0n) is 12.7. The number of nitrogens with one attached hydrogen (secondary N) is 2. The van der Waals surface area contributed by atoms with Crippen molar-refractivity contribution in [3.05, 3.63) is 41.6 Å². The fourth-order valence-electron chi connectivity index (χ4n) is 1.75. The highest BCUT2D eigenvalue weighted by Gasteiger charge is 2.15. The van der Waals surface area contributed by atoms with Gasteiger partial charge in [0.15, 0.2) is 0 Å². The number of hydrogen-bond acceptors (Lipinski definition) is 5. The molecule has 0 bridgehead atoms. The van der Waals surface area contributed by atoms with E-state index in [2.05, 4.69) is 20.6 Å². The molecule has 0 saturated heterocycles. The van der Waals surface area contributed by atoms with E-state index in [9.17, 15) is 4.79 Å². The van der Waals surface area contributed by atoms with E-state index in [-0.39, 0.29) is 11.4 Å². The molecule has 0 aliphatic heterocycles. The molecule has 2 aromatic heterocycles. The quantitative estimate of drug-likeness (QED) is 0.903. The van der Waals surface area contributed by atoms with Gasteiger partial charge in [-0.1, -0.05) is 0 Å².